The highest BCUT2D eigenvalue weighted by Gasteiger charge is 2.14. The molecule has 1 aliphatic carbocycles. The van der Waals surface area contributed by atoms with Gasteiger partial charge in [0.2, 0.25) is 0 Å². The van der Waals surface area contributed by atoms with Crippen LogP contribution in [-0.4, -0.2) is 13.0 Å². The van der Waals surface area contributed by atoms with Gasteiger partial charge < -0.3 is 19.2 Å². The van der Waals surface area contributed by atoms with Crippen molar-refractivity contribution in [2.75, 3.05) is 12.4 Å². The van der Waals surface area contributed by atoms with Crippen molar-refractivity contribution in [3.8, 4) is 11.5 Å². The van der Waals surface area contributed by atoms with Gasteiger partial charge >= 0.3 is 0 Å². The fourth-order valence-electron chi connectivity index (χ4n) is 3.26. The fourth-order valence-corrected chi connectivity index (χ4v) is 3.26. The number of benzene rings is 2. The molecular weight excluding hydrogens is 342 g/mol. The minimum atomic E-state index is -0.313. The highest BCUT2D eigenvalue weighted by molar-refractivity contribution is 6.02. The van der Waals surface area contributed by atoms with Crippen LogP contribution >= 0.6 is 0 Å². The van der Waals surface area contributed by atoms with Crippen LogP contribution in [0.25, 0.3) is 0 Å². The highest BCUT2D eigenvalue weighted by atomic mass is 16.5. The van der Waals surface area contributed by atoms with Crippen molar-refractivity contribution >= 4 is 11.6 Å². The number of fused-ring (bicyclic) bond motifs is 1. The van der Waals surface area contributed by atoms with Crippen LogP contribution in [0.1, 0.15) is 33.9 Å². The van der Waals surface area contributed by atoms with E-state index in [0.29, 0.717) is 17.2 Å². The van der Waals surface area contributed by atoms with Gasteiger partial charge in [0.15, 0.2) is 5.76 Å². The Bertz CT molecular complexity index is 960. The first kappa shape index (κ1) is 17.2. The van der Waals surface area contributed by atoms with Gasteiger partial charge in [0.1, 0.15) is 23.9 Å². The molecule has 4 rings (SSSR count). The number of carbonyl (C=O) groups excluding carboxylic acids is 1. The van der Waals surface area contributed by atoms with E-state index in [4.69, 9.17) is 13.9 Å². The number of carbonyl (C=O) groups is 1. The van der Waals surface area contributed by atoms with Gasteiger partial charge in [-0.2, -0.15) is 0 Å². The van der Waals surface area contributed by atoms with Crippen LogP contribution < -0.4 is 14.8 Å². The summed E-state index contributed by atoms with van der Waals surface area (Å²) in [6, 6.07) is 16.8. The lowest BCUT2D eigenvalue weighted by molar-refractivity contribution is 0.0992. The molecule has 1 N–H and O–H groups in total. The van der Waals surface area contributed by atoms with Crippen LogP contribution in [0, 0.1) is 0 Å². The molecule has 1 aliphatic rings. The van der Waals surface area contributed by atoms with Gasteiger partial charge in [0, 0.05) is 11.8 Å². The zero-order valence-corrected chi connectivity index (χ0v) is 15.2. The molecule has 3 aromatic rings. The zero-order chi connectivity index (χ0) is 18.6. The number of ether oxygens (including phenoxy) is 2. The topological polar surface area (TPSA) is 60.7 Å². The van der Waals surface area contributed by atoms with Crippen molar-refractivity contribution in [3.63, 3.8) is 0 Å². The molecule has 0 atom stereocenters. The van der Waals surface area contributed by atoms with E-state index in [1.165, 1.54) is 17.5 Å². The first-order valence-corrected chi connectivity index (χ1v) is 9.00. The number of nitrogens with one attached hydrogen (secondary N) is 1. The van der Waals surface area contributed by atoms with Crippen molar-refractivity contribution in [1.82, 2.24) is 0 Å². The van der Waals surface area contributed by atoms with Crippen LogP contribution in [0.5, 0.6) is 11.5 Å². The molecule has 1 amide bonds. The average molecular weight is 363 g/mol. The zero-order valence-electron chi connectivity index (χ0n) is 15.2. The first-order chi connectivity index (χ1) is 13.2. The van der Waals surface area contributed by atoms with Crippen molar-refractivity contribution in [1.29, 1.82) is 0 Å². The van der Waals surface area contributed by atoms with E-state index >= 15 is 0 Å². The standard InChI is InChI=1S/C22H21NO4/c1-25-18-7-3-6-17(13-18)23-22(24)21-11-10-20(27-21)14-26-19-9-8-15-4-2-5-16(15)12-19/h3,6-13H,2,4-5,14H2,1H3,(H,23,24). The second kappa shape index (κ2) is 7.58. The molecule has 1 heterocycles. The Morgan fingerprint density at radius 1 is 1.04 bits per heavy atom. The summed E-state index contributed by atoms with van der Waals surface area (Å²) >= 11 is 0. The lowest BCUT2D eigenvalue weighted by Crippen LogP contribution is -2.10. The summed E-state index contributed by atoms with van der Waals surface area (Å²) < 4.78 is 16.6. The van der Waals surface area contributed by atoms with E-state index in [1.54, 1.807) is 31.4 Å². The van der Waals surface area contributed by atoms with E-state index < -0.39 is 0 Å². The van der Waals surface area contributed by atoms with Crippen molar-refractivity contribution in [2.24, 2.45) is 0 Å². The van der Waals surface area contributed by atoms with Crippen LogP contribution in [0.3, 0.4) is 0 Å². The normalized spacial score (nSPS) is 12.5. The second-order valence-electron chi connectivity index (χ2n) is 6.52. The Morgan fingerprint density at radius 3 is 2.81 bits per heavy atom. The molecule has 0 saturated heterocycles. The number of hydrogen-bond acceptors (Lipinski definition) is 4. The number of amides is 1. The summed E-state index contributed by atoms with van der Waals surface area (Å²) in [5, 5.41) is 2.79. The summed E-state index contributed by atoms with van der Waals surface area (Å²) in [6.45, 7) is 0.283. The maximum Gasteiger partial charge on any atom is 0.291 e. The van der Waals surface area contributed by atoms with Gasteiger partial charge in [-0.15, -0.1) is 0 Å². The molecule has 1 aromatic heterocycles. The van der Waals surface area contributed by atoms with Crippen molar-refractivity contribution < 1.29 is 18.7 Å². The molecule has 0 fully saturated rings. The van der Waals surface area contributed by atoms with Gasteiger partial charge in [-0.1, -0.05) is 12.1 Å². The van der Waals surface area contributed by atoms with Gasteiger partial charge in [-0.05, 0) is 66.8 Å². The first-order valence-electron chi connectivity index (χ1n) is 9.00. The van der Waals surface area contributed by atoms with E-state index in [9.17, 15) is 4.79 Å². The Labute approximate surface area is 157 Å². The number of hydrogen-bond donors (Lipinski definition) is 1. The molecule has 0 bridgehead atoms. The predicted molar refractivity (Wildman–Crippen MR) is 102 cm³/mol. The summed E-state index contributed by atoms with van der Waals surface area (Å²) in [5.74, 6) is 2.04. The largest absolute Gasteiger partial charge is 0.497 e. The molecule has 0 aliphatic heterocycles. The smallest absolute Gasteiger partial charge is 0.291 e. The Balaban J connectivity index is 1.37. The minimum Gasteiger partial charge on any atom is -0.497 e. The van der Waals surface area contributed by atoms with Crippen molar-refractivity contribution in [3.05, 3.63) is 77.2 Å². The number of rotatable bonds is 6. The second-order valence-corrected chi connectivity index (χ2v) is 6.52. The Morgan fingerprint density at radius 2 is 1.93 bits per heavy atom. The quantitative estimate of drug-likeness (QED) is 0.695. The molecule has 2 aromatic carbocycles. The number of furan rings is 1. The summed E-state index contributed by atoms with van der Waals surface area (Å²) in [7, 11) is 1.58. The molecule has 0 unspecified atom stereocenters. The van der Waals surface area contributed by atoms with Crippen LogP contribution in [0.4, 0.5) is 5.69 Å². The SMILES string of the molecule is COc1cccc(NC(=O)c2ccc(COc3ccc4c(c3)CCC4)o2)c1. The van der Waals surface area contributed by atoms with Gasteiger partial charge in [-0.3, -0.25) is 4.79 Å². The lowest BCUT2D eigenvalue weighted by Gasteiger charge is -2.07. The Kier molecular flexibility index (Phi) is 4.83. The Hall–Kier alpha value is -3.21. The third-order valence-corrected chi connectivity index (χ3v) is 4.66. The molecular formula is C22H21NO4. The molecule has 138 valence electrons. The van der Waals surface area contributed by atoms with E-state index in [1.807, 2.05) is 18.2 Å². The summed E-state index contributed by atoms with van der Waals surface area (Å²) in [4.78, 5) is 12.3. The maximum atomic E-state index is 12.3. The van der Waals surface area contributed by atoms with Crippen LogP contribution in [0.15, 0.2) is 59.0 Å². The van der Waals surface area contributed by atoms with Gasteiger partial charge in [-0.25, -0.2) is 0 Å². The average Bonchev–Trinajstić information content (AvgIpc) is 3.35. The monoisotopic (exact) mass is 363 g/mol. The molecule has 0 radical (unpaired) electrons. The predicted octanol–water partition coefficient (Wildman–Crippen LogP) is 4.61. The third kappa shape index (κ3) is 3.97. The molecule has 27 heavy (non-hydrogen) atoms. The molecule has 5 nitrogen and oxygen atoms in total. The number of aryl methyl sites for hydroxylation is 2. The third-order valence-electron chi connectivity index (χ3n) is 4.66. The van der Waals surface area contributed by atoms with E-state index in [-0.39, 0.29) is 18.3 Å². The lowest BCUT2D eigenvalue weighted by atomic mass is 10.1. The fraction of sp³-hybridized carbons (Fsp3) is 0.227. The molecule has 5 heteroatoms. The maximum absolute atomic E-state index is 12.3. The van der Waals surface area contributed by atoms with Crippen LogP contribution in [-0.2, 0) is 19.4 Å². The highest BCUT2D eigenvalue weighted by Crippen LogP contribution is 2.26. The summed E-state index contributed by atoms with van der Waals surface area (Å²) in [5.41, 5.74) is 3.42. The van der Waals surface area contributed by atoms with Crippen LogP contribution in [0.2, 0.25) is 0 Å². The van der Waals surface area contributed by atoms with E-state index in [2.05, 4.69) is 17.4 Å². The van der Waals surface area contributed by atoms with Crippen molar-refractivity contribution in [2.45, 2.75) is 25.9 Å². The van der Waals surface area contributed by atoms with Gasteiger partial charge in [0.05, 0.1) is 7.11 Å². The number of methoxy groups -OCH3 is 1. The number of anilines is 1. The van der Waals surface area contributed by atoms with E-state index in [0.717, 1.165) is 18.6 Å². The molecule has 0 spiro atoms. The minimum absolute atomic E-state index is 0.241. The molecule has 0 saturated carbocycles. The van der Waals surface area contributed by atoms with Gasteiger partial charge in [0.25, 0.3) is 5.91 Å². The summed E-state index contributed by atoms with van der Waals surface area (Å²) in [6.07, 6.45) is 3.48.